The number of benzene rings is 2. The van der Waals surface area contributed by atoms with Crippen molar-refractivity contribution in [1.29, 1.82) is 0 Å². The van der Waals surface area contributed by atoms with E-state index >= 15 is 0 Å². The number of nitrogens with zero attached hydrogens (tertiary/aromatic N) is 4. The summed E-state index contributed by atoms with van der Waals surface area (Å²) in [5, 5.41) is 0. The van der Waals surface area contributed by atoms with Crippen LogP contribution in [0.15, 0.2) is 48.5 Å². The van der Waals surface area contributed by atoms with Crippen LogP contribution in [-0.4, -0.2) is 146 Å². The third-order valence-corrected chi connectivity index (χ3v) is 9.90. The van der Waals surface area contributed by atoms with E-state index in [1.54, 1.807) is 58.3 Å². The molecule has 5 rings (SSSR count). The van der Waals surface area contributed by atoms with Gasteiger partial charge >= 0.3 is 0 Å². The Morgan fingerprint density at radius 1 is 0.500 bits per heavy atom. The van der Waals surface area contributed by atoms with E-state index in [4.69, 9.17) is 18.9 Å². The monoisotopic (exact) mass is 748 g/mol. The number of carbonyl (C=O) groups is 6. The van der Waals surface area contributed by atoms with Crippen molar-refractivity contribution >= 4 is 35.4 Å². The Hall–Kier alpha value is -4.50. The van der Waals surface area contributed by atoms with Gasteiger partial charge in [0.15, 0.2) is 0 Å². The molecule has 3 heterocycles. The summed E-state index contributed by atoms with van der Waals surface area (Å²) in [6.45, 7) is 6.47. The molecule has 6 amide bonds. The fourth-order valence-electron chi connectivity index (χ4n) is 6.93. The predicted molar refractivity (Wildman–Crippen MR) is 197 cm³/mol. The molecule has 54 heavy (non-hydrogen) atoms. The van der Waals surface area contributed by atoms with Gasteiger partial charge in [0.2, 0.25) is 11.8 Å². The van der Waals surface area contributed by atoms with Crippen molar-refractivity contribution in [2.75, 3.05) is 79.0 Å². The number of amides is 6. The van der Waals surface area contributed by atoms with E-state index in [-0.39, 0.29) is 90.8 Å². The van der Waals surface area contributed by atoms with E-state index < -0.39 is 35.7 Å². The molecule has 2 aromatic rings. The summed E-state index contributed by atoms with van der Waals surface area (Å²) < 4.78 is 23.3. The Kier molecular flexibility index (Phi) is 15.3. The molecule has 14 heteroatoms. The fraction of sp³-hybridized carbons (Fsp3) is 0.550. The molecule has 0 saturated carbocycles. The number of rotatable bonds is 10. The highest BCUT2D eigenvalue weighted by Crippen LogP contribution is 2.29. The first-order chi connectivity index (χ1) is 26.3. The van der Waals surface area contributed by atoms with Gasteiger partial charge < -0.3 is 28.7 Å². The average Bonchev–Trinajstić information content (AvgIpc) is 3.59. The minimum absolute atomic E-state index is 0.185. The van der Waals surface area contributed by atoms with Crippen molar-refractivity contribution in [3.63, 3.8) is 0 Å². The minimum Gasteiger partial charge on any atom is -0.377 e. The number of hydrogen-bond donors (Lipinski definition) is 0. The fourth-order valence-corrected chi connectivity index (χ4v) is 6.93. The number of imide groups is 2. The first kappa shape index (κ1) is 40.7. The largest absolute Gasteiger partial charge is 0.377 e. The van der Waals surface area contributed by atoms with Gasteiger partial charge in [-0.15, -0.1) is 0 Å². The van der Waals surface area contributed by atoms with E-state index in [2.05, 4.69) is 0 Å². The van der Waals surface area contributed by atoms with E-state index in [0.717, 1.165) is 22.6 Å². The molecule has 14 nitrogen and oxygen atoms in total. The first-order valence-corrected chi connectivity index (χ1v) is 19.1. The molecule has 3 aliphatic rings. The van der Waals surface area contributed by atoms with E-state index in [1.807, 2.05) is 13.8 Å². The molecule has 2 atom stereocenters. The topological polar surface area (TPSA) is 152 Å². The Bertz CT molecular complexity index is 1440. The molecule has 1 fully saturated rings. The molecule has 0 aromatic heterocycles. The molecule has 0 bridgehead atoms. The Morgan fingerprint density at radius 3 is 1.04 bits per heavy atom. The Balaban J connectivity index is 1.20. The second-order valence-corrected chi connectivity index (χ2v) is 13.5. The van der Waals surface area contributed by atoms with Gasteiger partial charge in [0.05, 0.1) is 75.1 Å². The van der Waals surface area contributed by atoms with Crippen molar-refractivity contribution in [3.8, 4) is 0 Å². The zero-order valence-electron chi connectivity index (χ0n) is 31.4. The lowest BCUT2D eigenvalue weighted by atomic mass is 10.1. The zero-order valence-corrected chi connectivity index (χ0v) is 31.4. The summed E-state index contributed by atoms with van der Waals surface area (Å²) in [7, 11) is 0. The summed E-state index contributed by atoms with van der Waals surface area (Å²) in [4.78, 5) is 87.0. The molecule has 0 spiro atoms. The van der Waals surface area contributed by atoms with Gasteiger partial charge in [0.25, 0.3) is 23.6 Å². The number of carbonyl (C=O) groups excluding carboxylic acids is 6. The van der Waals surface area contributed by atoms with Crippen LogP contribution in [-0.2, 0) is 28.5 Å². The van der Waals surface area contributed by atoms with Crippen molar-refractivity contribution in [3.05, 3.63) is 70.8 Å². The van der Waals surface area contributed by atoms with E-state index in [9.17, 15) is 28.8 Å². The second-order valence-electron chi connectivity index (χ2n) is 13.5. The summed E-state index contributed by atoms with van der Waals surface area (Å²) in [5.41, 5.74) is 1.20. The molecule has 3 aliphatic heterocycles. The lowest BCUT2D eigenvalue weighted by Gasteiger charge is -2.32. The lowest BCUT2D eigenvalue weighted by molar-refractivity contribution is -0.138. The van der Waals surface area contributed by atoms with Crippen molar-refractivity contribution < 1.29 is 47.7 Å². The van der Waals surface area contributed by atoms with Gasteiger partial charge in [0, 0.05) is 26.2 Å². The summed E-state index contributed by atoms with van der Waals surface area (Å²) in [5.74, 6) is -2.53. The molecular weight excluding hydrogens is 696 g/mol. The van der Waals surface area contributed by atoms with Crippen LogP contribution < -0.4 is 0 Å². The quantitative estimate of drug-likeness (QED) is 0.331. The SMILES string of the molecule is CCCC[C@H](C(=O)N1CCOCCOCCN(C(=O)[C@@H](CCCC)N2C(=O)c3ccccc3C2=O)CCOCCOCC1)N1C(=O)c2ccccc2C1=O. The molecule has 0 N–H and O–H groups in total. The van der Waals surface area contributed by atoms with Crippen LogP contribution in [0.4, 0.5) is 0 Å². The Morgan fingerprint density at radius 2 is 0.778 bits per heavy atom. The van der Waals surface area contributed by atoms with Crippen LogP contribution in [0.2, 0.25) is 0 Å². The normalized spacial score (nSPS) is 19.3. The smallest absolute Gasteiger partial charge is 0.262 e. The number of fused-ring (bicyclic) bond motifs is 2. The van der Waals surface area contributed by atoms with Crippen LogP contribution in [0.5, 0.6) is 0 Å². The predicted octanol–water partition coefficient (Wildman–Crippen LogP) is 3.43. The zero-order chi connectivity index (χ0) is 38.5. The molecule has 0 aliphatic carbocycles. The summed E-state index contributed by atoms with van der Waals surface area (Å²) >= 11 is 0. The molecule has 0 radical (unpaired) electrons. The number of ether oxygens (including phenoxy) is 4. The minimum atomic E-state index is -0.953. The number of hydrogen-bond acceptors (Lipinski definition) is 10. The maximum Gasteiger partial charge on any atom is 0.262 e. The third kappa shape index (κ3) is 9.59. The summed E-state index contributed by atoms with van der Waals surface area (Å²) in [6.07, 6.45) is 3.58. The molecule has 292 valence electrons. The molecule has 0 unspecified atom stereocenters. The third-order valence-electron chi connectivity index (χ3n) is 9.90. The van der Waals surface area contributed by atoms with Gasteiger partial charge in [-0.2, -0.15) is 0 Å². The maximum absolute atomic E-state index is 14.1. The van der Waals surface area contributed by atoms with Gasteiger partial charge in [-0.1, -0.05) is 63.8 Å². The first-order valence-electron chi connectivity index (χ1n) is 19.1. The van der Waals surface area contributed by atoms with Crippen LogP contribution in [0.3, 0.4) is 0 Å². The standard InChI is InChI=1S/C40H52N4O10/c1-3-5-15-33(43-35(45)29-11-7-8-12-30(29)36(43)46)39(49)41-17-21-51-25-27-53-23-19-42(20-24-54-28-26-52-22-18-41)40(50)34(16-6-4-2)44-37(47)31-13-9-10-14-32(31)38(44)48/h7-14,33-34H,3-6,15-28H2,1-2H3/t33-,34-/m1/s1. The van der Waals surface area contributed by atoms with Crippen LogP contribution in [0.1, 0.15) is 93.8 Å². The molecule has 2 aromatic carbocycles. The van der Waals surface area contributed by atoms with E-state index in [1.165, 1.54) is 0 Å². The van der Waals surface area contributed by atoms with E-state index in [0.29, 0.717) is 47.9 Å². The highest BCUT2D eigenvalue weighted by Gasteiger charge is 2.45. The number of unbranched alkanes of at least 4 members (excludes halogenated alkanes) is 2. The lowest BCUT2D eigenvalue weighted by Crippen LogP contribution is -2.52. The van der Waals surface area contributed by atoms with Crippen molar-refractivity contribution in [1.82, 2.24) is 19.6 Å². The van der Waals surface area contributed by atoms with Gasteiger partial charge in [-0.25, -0.2) is 0 Å². The average molecular weight is 749 g/mol. The van der Waals surface area contributed by atoms with Crippen LogP contribution >= 0.6 is 0 Å². The molecule has 1 saturated heterocycles. The van der Waals surface area contributed by atoms with Crippen molar-refractivity contribution in [2.45, 2.75) is 64.5 Å². The Labute approximate surface area is 316 Å². The maximum atomic E-state index is 14.1. The van der Waals surface area contributed by atoms with Gasteiger partial charge in [-0.3, -0.25) is 38.6 Å². The van der Waals surface area contributed by atoms with Gasteiger partial charge in [-0.05, 0) is 37.1 Å². The molecular formula is C40H52N4O10. The van der Waals surface area contributed by atoms with Crippen molar-refractivity contribution in [2.24, 2.45) is 0 Å². The second kappa shape index (κ2) is 20.3. The van der Waals surface area contributed by atoms with Gasteiger partial charge in [0.1, 0.15) is 12.1 Å². The highest BCUT2D eigenvalue weighted by atomic mass is 16.5. The van der Waals surface area contributed by atoms with Crippen LogP contribution in [0, 0.1) is 0 Å². The van der Waals surface area contributed by atoms with Crippen LogP contribution in [0.25, 0.3) is 0 Å². The summed E-state index contributed by atoms with van der Waals surface area (Å²) in [6, 6.07) is 11.3. The highest BCUT2D eigenvalue weighted by molar-refractivity contribution is 6.23.